The number of fused-ring (bicyclic) bond motifs is 2. The second-order valence-electron chi connectivity index (χ2n) is 12.4. The molecule has 51 heavy (non-hydrogen) atoms. The van der Waals surface area contributed by atoms with Crippen LogP contribution in [0.25, 0.3) is 11.1 Å². The maximum atomic E-state index is 12.7. The zero-order chi connectivity index (χ0) is 35.7. The largest absolute Gasteiger partial charge is 0.507 e. The van der Waals surface area contributed by atoms with Gasteiger partial charge in [0.05, 0.1) is 23.5 Å². The van der Waals surface area contributed by atoms with Crippen molar-refractivity contribution in [2.75, 3.05) is 57.3 Å². The van der Waals surface area contributed by atoms with E-state index >= 15 is 0 Å². The molecule has 1 saturated heterocycles. The SMILES string of the molecule is O=C(O)c1ccccc1C(=O)c1ccc(O)c(-c2ccccc2)c1.OCCN1CCN(CCCN2c3ccccc3Sc3ccc(Cl)cc32)CC1. The van der Waals surface area contributed by atoms with Gasteiger partial charge in [0.25, 0.3) is 0 Å². The van der Waals surface area contributed by atoms with E-state index in [1.807, 2.05) is 48.2 Å². The van der Waals surface area contributed by atoms with Crippen LogP contribution in [0.3, 0.4) is 0 Å². The minimum Gasteiger partial charge on any atom is -0.507 e. The molecule has 0 amide bonds. The Morgan fingerprint density at radius 1 is 0.686 bits per heavy atom. The third-order valence-electron chi connectivity index (χ3n) is 9.07. The number of halogens is 1. The van der Waals surface area contributed by atoms with Gasteiger partial charge < -0.3 is 25.1 Å². The van der Waals surface area contributed by atoms with Crippen LogP contribution in [0.1, 0.15) is 32.7 Å². The molecule has 0 saturated carbocycles. The van der Waals surface area contributed by atoms with Crippen LogP contribution in [0.4, 0.5) is 11.4 Å². The Balaban J connectivity index is 0.000000177. The van der Waals surface area contributed by atoms with Crippen LogP contribution in [-0.2, 0) is 0 Å². The highest BCUT2D eigenvalue weighted by atomic mass is 35.5. The topological polar surface area (TPSA) is 105 Å². The highest BCUT2D eigenvalue weighted by Gasteiger charge is 2.24. The lowest BCUT2D eigenvalue weighted by molar-refractivity contribution is 0.0692. The van der Waals surface area contributed by atoms with Crippen molar-refractivity contribution in [3.8, 4) is 16.9 Å². The zero-order valence-corrected chi connectivity index (χ0v) is 29.7. The van der Waals surface area contributed by atoms with Gasteiger partial charge in [-0.1, -0.05) is 84.0 Å². The van der Waals surface area contributed by atoms with Crippen LogP contribution >= 0.6 is 23.4 Å². The van der Waals surface area contributed by atoms with E-state index in [0.717, 1.165) is 62.8 Å². The van der Waals surface area contributed by atoms with E-state index in [0.29, 0.717) is 11.1 Å². The molecule has 0 radical (unpaired) electrons. The predicted octanol–water partition coefficient (Wildman–Crippen LogP) is 7.93. The lowest BCUT2D eigenvalue weighted by atomic mass is 9.95. The van der Waals surface area contributed by atoms with Crippen LogP contribution < -0.4 is 4.90 Å². The summed E-state index contributed by atoms with van der Waals surface area (Å²) in [6.45, 7) is 7.45. The molecule has 2 heterocycles. The van der Waals surface area contributed by atoms with Crippen molar-refractivity contribution in [2.45, 2.75) is 16.2 Å². The maximum Gasteiger partial charge on any atom is 0.336 e. The first-order chi connectivity index (χ1) is 24.8. The molecule has 10 heteroatoms. The molecule has 5 aromatic carbocycles. The standard InChI is InChI=1S/C21H26ClN3OS.C20H14O4/c22-17-6-7-21-19(16-17)25(18-4-1-2-5-20(18)27-21)9-3-8-23-10-12-24(13-11-23)14-15-26;21-18-11-10-14(12-17(18)13-6-2-1-3-7-13)19(22)15-8-4-5-9-16(15)20(23)24/h1-2,4-7,16,26H,3,8-15H2;1-12,21H,(H,23,24). The maximum absolute atomic E-state index is 12.7. The second kappa shape index (κ2) is 17.0. The Morgan fingerprint density at radius 2 is 1.33 bits per heavy atom. The molecule has 3 N–H and O–H groups in total. The number of aliphatic hydroxyl groups is 1. The number of aliphatic hydroxyl groups excluding tert-OH is 1. The minimum atomic E-state index is -1.15. The third-order valence-corrected chi connectivity index (χ3v) is 10.4. The first-order valence-electron chi connectivity index (χ1n) is 17.0. The fourth-order valence-corrected chi connectivity index (χ4v) is 7.67. The average Bonchev–Trinajstić information content (AvgIpc) is 3.16. The van der Waals surface area contributed by atoms with E-state index in [1.54, 1.807) is 18.2 Å². The summed E-state index contributed by atoms with van der Waals surface area (Å²) in [5.41, 5.74) is 4.20. The molecule has 2 aliphatic rings. The zero-order valence-electron chi connectivity index (χ0n) is 28.1. The van der Waals surface area contributed by atoms with Gasteiger partial charge in [-0.25, -0.2) is 4.79 Å². The molecule has 0 bridgehead atoms. The number of β-amino-alcohol motifs (C(OH)–C–C–N with tert-alkyl or cyclic N) is 1. The minimum absolute atomic E-state index is 0.0446. The summed E-state index contributed by atoms with van der Waals surface area (Å²) in [4.78, 5) is 33.9. The number of hydrogen-bond acceptors (Lipinski definition) is 8. The third kappa shape index (κ3) is 8.81. The van der Waals surface area contributed by atoms with Crippen LogP contribution in [-0.4, -0.2) is 89.3 Å². The van der Waals surface area contributed by atoms with E-state index in [4.69, 9.17) is 16.7 Å². The van der Waals surface area contributed by atoms with Gasteiger partial charge in [-0.2, -0.15) is 0 Å². The molecular weight excluding hydrogens is 682 g/mol. The van der Waals surface area contributed by atoms with Crippen molar-refractivity contribution >= 4 is 46.5 Å². The summed E-state index contributed by atoms with van der Waals surface area (Å²) in [5.74, 6) is -1.49. The first kappa shape index (κ1) is 36.2. The van der Waals surface area contributed by atoms with Gasteiger partial charge >= 0.3 is 5.97 Å². The van der Waals surface area contributed by atoms with Gasteiger partial charge in [-0.3, -0.25) is 9.69 Å². The summed E-state index contributed by atoms with van der Waals surface area (Å²) in [5, 5.41) is 29.2. The number of phenols is 1. The smallest absolute Gasteiger partial charge is 0.336 e. The molecule has 1 fully saturated rings. The molecule has 0 spiro atoms. The van der Waals surface area contributed by atoms with E-state index in [9.17, 15) is 19.8 Å². The summed E-state index contributed by atoms with van der Waals surface area (Å²) < 4.78 is 0. The first-order valence-corrected chi connectivity index (χ1v) is 18.2. The van der Waals surface area contributed by atoms with Gasteiger partial charge in [0.2, 0.25) is 0 Å². The van der Waals surface area contributed by atoms with Gasteiger partial charge in [-0.15, -0.1) is 0 Å². The van der Waals surface area contributed by atoms with Crippen molar-refractivity contribution in [1.29, 1.82) is 0 Å². The van der Waals surface area contributed by atoms with Crippen molar-refractivity contribution in [3.05, 3.63) is 137 Å². The summed E-state index contributed by atoms with van der Waals surface area (Å²) in [6.07, 6.45) is 1.12. The number of anilines is 2. The fraction of sp³-hybridized carbons (Fsp3) is 0.220. The molecular formula is C41H40ClN3O5S. The number of piperazine rings is 1. The molecule has 8 nitrogen and oxygen atoms in total. The number of carbonyl (C=O) groups is 2. The average molecular weight is 722 g/mol. The van der Waals surface area contributed by atoms with E-state index in [2.05, 4.69) is 51.1 Å². The number of nitrogens with zero attached hydrogens (tertiary/aromatic N) is 3. The fourth-order valence-electron chi connectivity index (χ4n) is 6.42. The van der Waals surface area contributed by atoms with Gasteiger partial charge in [0.1, 0.15) is 5.75 Å². The highest BCUT2D eigenvalue weighted by molar-refractivity contribution is 7.99. The predicted molar refractivity (Wildman–Crippen MR) is 204 cm³/mol. The quantitative estimate of drug-likeness (QED) is 0.124. The Labute approximate surface area is 307 Å². The number of aromatic hydroxyl groups is 1. The summed E-state index contributed by atoms with van der Waals surface area (Å²) >= 11 is 8.12. The highest BCUT2D eigenvalue weighted by Crippen LogP contribution is 2.48. The molecule has 0 aromatic heterocycles. The number of rotatable bonds is 10. The van der Waals surface area contributed by atoms with Crippen molar-refractivity contribution < 1.29 is 24.9 Å². The molecule has 0 unspecified atom stereocenters. The molecule has 2 aliphatic heterocycles. The Hall–Kier alpha value is -4.64. The number of hydrogen-bond donors (Lipinski definition) is 3. The van der Waals surface area contributed by atoms with Crippen LogP contribution in [0, 0.1) is 0 Å². The van der Waals surface area contributed by atoms with Gasteiger partial charge in [0, 0.05) is 70.8 Å². The number of carbonyl (C=O) groups excluding carboxylic acids is 1. The normalized spacial score (nSPS) is 14.2. The summed E-state index contributed by atoms with van der Waals surface area (Å²) in [7, 11) is 0. The van der Waals surface area contributed by atoms with Gasteiger partial charge in [-0.05, 0) is 73.1 Å². The number of phenolic OH excluding ortho intramolecular Hbond substituents is 1. The van der Waals surface area contributed by atoms with Crippen molar-refractivity contribution in [3.63, 3.8) is 0 Å². The van der Waals surface area contributed by atoms with Crippen molar-refractivity contribution in [2.24, 2.45) is 0 Å². The number of ketones is 1. The van der Waals surface area contributed by atoms with Crippen LogP contribution in [0.5, 0.6) is 5.75 Å². The van der Waals surface area contributed by atoms with E-state index in [-0.39, 0.29) is 23.5 Å². The monoisotopic (exact) mass is 721 g/mol. The molecule has 0 aliphatic carbocycles. The molecule has 0 atom stereocenters. The second-order valence-corrected chi connectivity index (χ2v) is 13.9. The molecule has 262 valence electrons. The van der Waals surface area contributed by atoms with Crippen LogP contribution in [0.2, 0.25) is 5.02 Å². The van der Waals surface area contributed by atoms with E-state index < -0.39 is 11.8 Å². The Bertz CT molecular complexity index is 1980. The number of carboxylic acids is 1. The Kier molecular flexibility index (Phi) is 12.1. The van der Waals surface area contributed by atoms with Gasteiger partial charge in [0.15, 0.2) is 5.78 Å². The number of benzene rings is 5. The number of para-hydroxylation sites is 1. The lowest BCUT2D eigenvalue weighted by Crippen LogP contribution is -2.47. The van der Waals surface area contributed by atoms with Crippen LogP contribution in [0.15, 0.2) is 125 Å². The number of carboxylic acid groups (broad SMARTS) is 1. The Morgan fingerprint density at radius 3 is 2.06 bits per heavy atom. The molecule has 7 rings (SSSR count). The lowest BCUT2D eigenvalue weighted by Gasteiger charge is -2.36. The molecule has 5 aromatic rings. The number of aromatic carboxylic acids is 1. The summed E-state index contributed by atoms with van der Waals surface area (Å²) in [6, 6.07) is 34.6. The van der Waals surface area contributed by atoms with Crippen molar-refractivity contribution in [1.82, 2.24) is 9.80 Å². The van der Waals surface area contributed by atoms with E-state index in [1.165, 1.54) is 45.4 Å².